The molecule has 0 aromatic heterocycles. The van der Waals surface area contributed by atoms with Crippen LogP contribution in [0.25, 0.3) is 0 Å². The molecule has 4 nitrogen and oxygen atoms in total. The smallest absolute Gasteiger partial charge is 0.381 e. The van der Waals surface area contributed by atoms with Crippen LogP contribution in [-0.4, -0.2) is 36.6 Å². The van der Waals surface area contributed by atoms with E-state index in [2.05, 4.69) is 5.32 Å². The molecule has 1 amide bonds. The van der Waals surface area contributed by atoms with Gasteiger partial charge in [0, 0.05) is 13.2 Å². The standard InChI is InChI=1S/C16H20ClF2NO3/c1-11(20-15(21)16(17,18)19)14(12-5-3-2-4-6-12)23-13-7-9-22-10-8-13/h2-6,11,13-14H,7-10H2,1H3,(H,20,21)/t11-,14-/m1/s1. The van der Waals surface area contributed by atoms with Crippen LogP contribution in [0.2, 0.25) is 0 Å². The third kappa shape index (κ3) is 5.41. The Hall–Kier alpha value is -1.24. The summed E-state index contributed by atoms with van der Waals surface area (Å²) < 4.78 is 37.2. The van der Waals surface area contributed by atoms with Crippen LogP contribution >= 0.6 is 11.6 Å². The van der Waals surface area contributed by atoms with Crippen LogP contribution in [0.5, 0.6) is 0 Å². The van der Waals surface area contributed by atoms with Gasteiger partial charge in [-0.1, -0.05) is 30.3 Å². The Morgan fingerprint density at radius 1 is 1.35 bits per heavy atom. The van der Waals surface area contributed by atoms with Crippen LogP contribution in [0.15, 0.2) is 30.3 Å². The maximum absolute atomic E-state index is 12.9. The highest BCUT2D eigenvalue weighted by molar-refractivity contribution is 6.32. The van der Waals surface area contributed by atoms with Gasteiger partial charge in [-0.05, 0) is 36.9 Å². The summed E-state index contributed by atoms with van der Waals surface area (Å²) in [7, 11) is 0. The molecule has 1 fully saturated rings. The molecule has 1 saturated heterocycles. The number of benzene rings is 1. The van der Waals surface area contributed by atoms with Gasteiger partial charge in [0.25, 0.3) is 0 Å². The summed E-state index contributed by atoms with van der Waals surface area (Å²) in [6.45, 7) is 2.83. The van der Waals surface area contributed by atoms with E-state index in [0.717, 1.165) is 18.4 Å². The summed E-state index contributed by atoms with van der Waals surface area (Å²) in [4.78, 5) is 11.4. The van der Waals surface area contributed by atoms with Crippen molar-refractivity contribution in [2.24, 2.45) is 0 Å². The molecule has 2 rings (SSSR count). The van der Waals surface area contributed by atoms with E-state index in [0.29, 0.717) is 13.2 Å². The van der Waals surface area contributed by atoms with Crippen molar-refractivity contribution in [2.45, 2.75) is 43.4 Å². The number of hydrogen-bond donors (Lipinski definition) is 1. The van der Waals surface area contributed by atoms with Crippen molar-refractivity contribution in [3.05, 3.63) is 35.9 Å². The van der Waals surface area contributed by atoms with Crippen molar-refractivity contribution < 1.29 is 23.0 Å². The van der Waals surface area contributed by atoms with E-state index in [4.69, 9.17) is 21.1 Å². The number of carbonyl (C=O) groups is 1. The molecule has 0 radical (unpaired) electrons. The molecule has 0 saturated carbocycles. The van der Waals surface area contributed by atoms with E-state index in [1.807, 2.05) is 30.3 Å². The maximum Gasteiger partial charge on any atom is 0.399 e. The fourth-order valence-electron chi connectivity index (χ4n) is 2.51. The van der Waals surface area contributed by atoms with Crippen LogP contribution < -0.4 is 5.32 Å². The van der Waals surface area contributed by atoms with Crippen LogP contribution in [0, 0.1) is 0 Å². The van der Waals surface area contributed by atoms with Crippen LogP contribution in [0.1, 0.15) is 31.4 Å². The molecule has 1 N–H and O–H groups in total. The molecule has 1 heterocycles. The Labute approximate surface area is 139 Å². The number of hydrogen-bond acceptors (Lipinski definition) is 3. The molecule has 0 spiro atoms. The average Bonchev–Trinajstić information content (AvgIpc) is 2.53. The summed E-state index contributed by atoms with van der Waals surface area (Å²) in [5.41, 5.74) is 0.810. The van der Waals surface area contributed by atoms with Gasteiger partial charge in [-0.25, -0.2) is 0 Å². The van der Waals surface area contributed by atoms with E-state index in [-0.39, 0.29) is 6.10 Å². The Balaban J connectivity index is 2.10. The fraction of sp³-hybridized carbons (Fsp3) is 0.562. The molecule has 1 aliphatic rings. The summed E-state index contributed by atoms with van der Waals surface area (Å²) in [5, 5.41) is -1.71. The first-order valence-electron chi connectivity index (χ1n) is 7.54. The largest absolute Gasteiger partial charge is 0.399 e. The normalized spacial score (nSPS) is 19.1. The van der Waals surface area contributed by atoms with Crippen molar-refractivity contribution in [1.29, 1.82) is 0 Å². The van der Waals surface area contributed by atoms with Gasteiger partial charge < -0.3 is 14.8 Å². The second-order valence-corrected chi connectivity index (χ2v) is 6.01. The number of rotatable bonds is 6. The minimum Gasteiger partial charge on any atom is -0.381 e. The zero-order valence-electron chi connectivity index (χ0n) is 12.8. The first-order valence-corrected chi connectivity index (χ1v) is 7.91. The molecule has 1 aliphatic heterocycles. The van der Waals surface area contributed by atoms with Crippen molar-refractivity contribution >= 4 is 17.5 Å². The highest BCUT2D eigenvalue weighted by Crippen LogP contribution is 2.27. The number of carbonyl (C=O) groups excluding carboxylic acids is 1. The van der Waals surface area contributed by atoms with Crippen molar-refractivity contribution in [3.63, 3.8) is 0 Å². The van der Waals surface area contributed by atoms with Gasteiger partial charge >= 0.3 is 11.3 Å². The topological polar surface area (TPSA) is 47.6 Å². The predicted octanol–water partition coefficient (Wildman–Crippen LogP) is 3.26. The molecule has 23 heavy (non-hydrogen) atoms. The SMILES string of the molecule is C[C@@H](NC(=O)C(F)(F)Cl)[C@@H](OC1CCOCC1)c1ccccc1. The Bertz CT molecular complexity index is 504. The third-order valence-corrected chi connectivity index (χ3v) is 3.88. The summed E-state index contributed by atoms with van der Waals surface area (Å²) in [6, 6.07) is 8.54. The van der Waals surface area contributed by atoms with E-state index in [1.165, 1.54) is 0 Å². The van der Waals surface area contributed by atoms with Crippen molar-refractivity contribution in [1.82, 2.24) is 5.32 Å². The number of alkyl halides is 3. The number of amides is 1. The van der Waals surface area contributed by atoms with Crippen molar-refractivity contribution in [2.75, 3.05) is 13.2 Å². The lowest BCUT2D eigenvalue weighted by Gasteiger charge is -2.32. The van der Waals surface area contributed by atoms with Gasteiger partial charge in [-0.3, -0.25) is 4.79 Å². The first kappa shape index (κ1) is 18.1. The Kier molecular flexibility index (Phi) is 6.33. The quantitative estimate of drug-likeness (QED) is 0.803. The summed E-state index contributed by atoms with van der Waals surface area (Å²) in [5.74, 6) is -1.52. The van der Waals surface area contributed by atoms with Gasteiger partial charge in [0.1, 0.15) is 6.10 Å². The number of nitrogens with one attached hydrogen (secondary N) is 1. The average molecular weight is 348 g/mol. The minimum absolute atomic E-state index is 0.0372. The highest BCUT2D eigenvalue weighted by atomic mass is 35.5. The molecule has 0 aliphatic carbocycles. The van der Waals surface area contributed by atoms with Gasteiger partial charge in [0.2, 0.25) is 0 Å². The lowest BCUT2D eigenvalue weighted by Crippen LogP contribution is -2.45. The molecular formula is C16H20ClF2NO3. The monoisotopic (exact) mass is 347 g/mol. The Morgan fingerprint density at radius 2 is 1.96 bits per heavy atom. The van der Waals surface area contributed by atoms with E-state index in [1.54, 1.807) is 6.92 Å². The van der Waals surface area contributed by atoms with Gasteiger partial charge in [0.15, 0.2) is 0 Å². The van der Waals surface area contributed by atoms with Crippen molar-refractivity contribution in [3.8, 4) is 0 Å². The van der Waals surface area contributed by atoms with Gasteiger partial charge in [-0.15, -0.1) is 0 Å². The van der Waals surface area contributed by atoms with Crippen LogP contribution in [0.4, 0.5) is 8.78 Å². The zero-order chi connectivity index (χ0) is 16.9. The highest BCUT2D eigenvalue weighted by Gasteiger charge is 2.38. The van der Waals surface area contributed by atoms with Gasteiger partial charge in [0.05, 0.1) is 12.1 Å². The second kappa shape index (κ2) is 8.04. The summed E-state index contributed by atoms with van der Waals surface area (Å²) >= 11 is 4.77. The molecular weight excluding hydrogens is 328 g/mol. The van der Waals surface area contributed by atoms with Crippen LogP contribution in [-0.2, 0) is 14.3 Å². The fourth-order valence-corrected chi connectivity index (χ4v) is 2.57. The first-order chi connectivity index (χ1) is 10.9. The third-order valence-electron chi connectivity index (χ3n) is 3.71. The molecule has 2 atom stereocenters. The molecule has 0 unspecified atom stereocenters. The predicted molar refractivity (Wildman–Crippen MR) is 82.5 cm³/mol. The van der Waals surface area contributed by atoms with E-state index in [9.17, 15) is 13.6 Å². The zero-order valence-corrected chi connectivity index (χ0v) is 13.6. The second-order valence-electron chi connectivity index (χ2n) is 5.54. The molecule has 1 aromatic carbocycles. The maximum atomic E-state index is 12.9. The molecule has 1 aromatic rings. The molecule has 128 valence electrons. The van der Waals surface area contributed by atoms with Crippen LogP contribution in [0.3, 0.4) is 0 Å². The molecule has 0 bridgehead atoms. The Morgan fingerprint density at radius 3 is 2.52 bits per heavy atom. The number of ether oxygens (including phenoxy) is 2. The lowest BCUT2D eigenvalue weighted by atomic mass is 10.0. The number of halogens is 3. The van der Waals surface area contributed by atoms with Gasteiger partial charge in [-0.2, -0.15) is 8.78 Å². The summed E-state index contributed by atoms with van der Waals surface area (Å²) in [6.07, 6.45) is 0.887. The molecule has 7 heteroatoms. The minimum atomic E-state index is -3.94. The lowest BCUT2D eigenvalue weighted by molar-refractivity contribution is -0.139. The van der Waals surface area contributed by atoms with E-state index < -0.39 is 23.4 Å². The van der Waals surface area contributed by atoms with E-state index >= 15 is 0 Å².